The van der Waals surface area contributed by atoms with Crippen LogP contribution in [0.5, 0.6) is 0 Å². The zero-order valence-electron chi connectivity index (χ0n) is 15.5. The summed E-state index contributed by atoms with van der Waals surface area (Å²) in [5, 5.41) is 0. The van der Waals surface area contributed by atoms with E-state index in [1.54, 1.807) is 0 Å². The van der Waals surface area contributed by atoms with Crippen LogP contribution in [0.1, 0.15) is 27.7 Å². The first kappa shape index (κ1) is 30.4. The van der Waals surface area contributed by atoms with E-state index in [2.05, 4.69) is 11.4 Å². The Labute approximate surface area is 168 Å². The molecular formula is C12H12AlF15O3-. The van der Waals surface area contributed by atoms with Crippen LogP contribution in [0.4, 0.5) is 65.9 Å². The number of halogens is 15. The summed E-state index contributed by atoms with van der Waals surface area (Å²) in [6.07, 6.45) is -31.9. The van der Waals surface area contributed by atoms with E-state index < -0.39 is 76.7 Å². The van der Waals surface area contributed by atoms with Gasteiger partial charge in [-0.1, -0.05) is 0 Å². The Morgan fingerprint density at radius 2 is 0.613 bits per heavy atom. The van der Waals surface area contributed by atoms with Crippen molar-refractivity contribution in [3.05, 3.63) is 0 Å². The van der Waals surface area contributed by atoms with Crippen LogP contribution in [0.3, 0.4) is 0 Å². The molecule has 0 rings (SSSR count). The SMILES string of the molecule is CC(C)([O][Al-]([O]C(C)(C(F)(F)F)C(F)(F)F)[O]C(C)(C(F)(F)F)C(F)(F)F)C(F)(F)F. The zero-order valence-corrected chi connectivity index (χ0v) is 16.6. The quantitative estimate of drug-likeness (QED) is 0.314. The molecule has 0 saturated heterocycles. The highest BCUT2D eigenvalue weighted by molar-refractivity contribution is 6.37. The van der Waals surface area contributed by atoms with Gasteiger partial charge in [-0.3, -0.25) is 0 Å². The average Bonchev–Trinajstić information content (AvgIpc) is 2.40. The standard InChI is InChI=1S/2C4H3F6O.C4H6F3O.Al/c2*1-2(11,3(5,6)7)4(8,9)10;1-3(2,8)4(5,6)7;/h2*1H3;1-2H3;/q3*-1;+2. The second-order valence-corrected chi connectivity index (χ2v) is 7.99. The molecule has 0 spiro atoms. The van der Waals surface area contributed by atoms with Crippen molar-refractivity contribution >= 4 is 15.1 Å². The van der Waals surface area contributed by atoms with Gasteiger partial charge in [0.05, 0.1) is 0 Å². The number of rotatable bonds is 6. The summed E-state index contributed by atoms with van der Waals surface area (Å²) >= 11 is -6.21. The van der Waals surface area contributed by atoms with Crippen LogP contribution < -0.4 is 0 Å². The molecule has 19 heteroatoms. The number of hydrogen-bond donors (Lipinski definition) is 0. The Morgan fingerprint density at radius 1 is 0.387 bits per heavy atom. The lowest BCUT2D eigenvalue weighted by Gasteiger charge is -2.50. The Kier molecular flexibility index (Phi) is 8.12. The highest BCUT2D eigenvalue weighted by Crippen LogP contribution is 2.50. The van der Waals surface area contributed by atoms with E-state index in [9.17, 15) is 65.9 Å². The normalized spacial score (nSPS) is 16.3. The van der Waals surface area contributed by atoms with E-state index in [4.69, 9.17) is 0 Å². The molecule has 0 aromatic carbocycles. The Hall–Kier alpha value is -0.638. The molecule has 0 aliphatic heterocycles. The van der Waals surface area contributed by atoms with Crippen molar-refractivity contribution in [3.8, 4) is 0 Å². The van der Waals surface area contributed by atoms with E-state index in [0.29, 0.717) is 0 Å². The molecule has 3 nitrogen and oxygen atoms in total. The van der Waals surface area contributed by atoms with E-state index in [0.717, 1.165) is 0 Å². The molecule has 31 heavy (non-hydrogen) atoms. The summed E-state index contributed by atoms with van der Waals surface area (Å²) in [6.45, 7) is -1.90. The predicted octanol–water partition coefficient (Wildman–Crippen LogP) is 6.13. The lowest BCUT2D eigenvalue weighted by Crippen LogP contribution is -2.65. The van der Waals surface area contributed by atoms with Crippen molar-refractivity contribution in [2.24, 2.45) is 0 Å². The van der Waals surface area contributed by atoms with E-state index in [-0.39, 0.29) is 13.8 Å². The molecule has 0 bridgehead atoms. The van der Waals surface area contributed by atoms with Crippen LogP contribution in [0.25, 0.3) is 0 Å². The van der Waals surface area contributed by atoms with Gasteiger partial charge in [0.2, 0.25) is 11.2 Å². The van der Waals surface area contributed by atoms with Gasteiger partial charge in [-0.25, -0.2) is 0 Å². The molecule has 0 amide bonds. The maximum Gasteiger partial charge on any atom is 0.561 e. The third kappa shape index (κ3) is 6.24. The zero-order chi connectivity index (χ0) is 25.7. The summed E-state index contributed by atoms with van der Waals surface area (Å²) in [5.41, 5.74) is -14.9. The molecule has 0 aromatic heterocycles. The van der Waals surface area contributed by atoms with Crippen molar-refractivity contribution in [1.29, 1.82) is 0 Å². The van der Waals surface area contributed by atoms with E-state index in [1.165, 1.54) is 0 Å². The predicted molar refractivity (Wildman–Crippen MR) is 70.2 cm³/mol. The van der Waals surface area contributed by atoms with Gasteiger partial charge in [0.15, 0.2) is 0 Å². The second-order valence-electron chi connectivity index (χ2n) is 6.71. The highest BCUT2D eigenvalue weighted by Gasteiger charge is 2.71. The van der Waals surface area contributed by atoms with Crippen molar-refractivity contribution in [1.82, 2.24) is 0 Å². The van der Waals surface area contributed by atoms with Crippen LogP contribution in [-0.4, -0.2) is 62.8 Å². The first-order valence-electron chi connectivity index (χ1n) is 7.40. The Balaban J connectivity index is 6.63. The lowest BCUT2D eigenvalue weighted by atomic mass is 10.1. The van der Waals surface area contributed by atoms with Crippen LogP contribution in [-0.2, 0) is 11.4 Å². The van der Waals surface area contributed by atoms with Crippen LogP contribution in [0, 0.1) is 0 Å². The fraction of sp³-hybridized carbons (Fsp3) is 1.00. The van der Waals surface area contributed by atoms with E-state index in [1.807, 2.05) is 0 Å². The van der Waals surface area contributed by atoms with E-state index >= 15 is 0 Å². The minimum absolute atomic E-state index is 0.0866. The first-order chi connectivity index (χ1) is 13.0. The molecule has 1 radical (unpaired) electrons. The summed E-state index contributed by atoms with van der Waals surface area (Å²) < 4.78 is 204. The molecule has 0 aromatic rings. The van der Waals surface area contributed by atoms with Gasteiger partial charge in [-0.15, -0.1) is 0 Å². The van der Waals surface area contributed by atoms with Gasteiger partial charge in [0.25, 0.3) is 0 Å². The van der Waals surface area contributed by atoms with Gasteiger partial charge >= 0.3 is 46.0 Å². The molecule has 0 unspecified atom stereocenters. The van der Waals surface area contributed by atoms with Crippen molar-refractivity contribution < 1.29 is 77.2 Å². The average molecular weight is 516 g/mol. The number of alkyl halides is 15. The van der Waals surface area contributed by atoms with Crippen molar-refractivity contribution in [2.75, 3.05) is 0 Å². The van der Waals surface area contributed by atoms with Crippen molar-refractivity contribution in [2.45, 2.75) is 75.4 Å². The maximum atomic E-state index is 12.9. The molecular weight excluding hydrogens is 504 g/mol. The first-order valence-corrected chi connectivity index (χ1v) is 8.82. The molecule has 0 atom stereocenters. The molecule has 0 aliphatic rings. The van der Waals surface area contributed by atoms with Gasteiger partial charge in [-0.05, 0) is 27.7 Å². The summed E-state index contributed by atoms with van der Waals surface area (Å²) in [7, 11) is 0. The van der Waals surface area contributed by atoms with Crippen LogP contribution in [0.2, 0.25) is 0 Å². The lowest BCUT2D eigenvalue weighted by molar-refractivity contribution is -0.379. The van der Waals surface area contributed by atoms with Crippen LogP contribution in [0.15, 0.2) is 0 Å². The smallest absolute Gasteiger partial charge is 0.561 e. The fourth-order valence-electron chi connectivity index (χ4n) is 1.35. The minimum Gasteiger partial charge on any atom is -0.623 e. The topological polar surface area (TPSA) is 27.7 Å². The maximum absolute atomic E-state index is 12.9. The minimum atomic E-state index is -6.56. The van der Waals surface area contributed by atoms with Gasteiger partial charge in [0, 0.05) is 0 Å². The summed E-state index contributed by atoms with van der Waals surface area (Å²) in [4.78, 5) is 0. The molecule has 0 fully saturated rings. The second kappa shape index (κ2) is 8.29. The Morgan fingerprint density at radius 3 is 0.774 bits per heavy atom. The largest absolute Gasteiger partial charge is 0.623 e. The number of hydrogen-bond acceptors (Lipinski definition) is 3. The van der Waals surface area contributed by atoms with Gasteiger partial charge in [-0.2, -0.15) is 65.9 Å². The summed E-state index contributed by atoms with van der Waals surface area (Å²) in [6, 6.07) is 0. The van der Waals surface area contributed by atoms with Crippen molar-refractivity contribution in [3.63, 3.8) is 0 Å². The molecule has 0 saturated carbocycles. The van der Waals surface area contributed by atoms with Crippen LogP contribution >= 0.6 is 0 Å². The highest BCUT2D eigenvalue weighted by atomic mass is 27.3. The Bertz CT molecular complexity index is 545. The molecule has 0 aliphatic carbocycles. The molecule has 0 heterocycles. The third-order valence-electron chi connectivity index (χ3n) is 3.90. The van der Waals surface area contributed by atoms with Gasteiger partial charge in [0.1, 0.15) is 5.60 Å². The monoisotopic (exact) mass is 516 g/mol. The molecule has 0 N–H and O–H groups in total. The molecule has 187 valence electrons. The summed E-state index contributed by atoms with van der Waals surface area (Å²) in [5.74, 6) is 0. The van der Waals surface area contributed by atoms with Gasteiger partial charge < -0.3 is 11.4 Å². The fourth-order valence-corrected chi connectivity index (χ4v) is 3.42. The third-order valence-corrected chi connectivity index (χ3v) is 6.01.